The van der Waals surface area contributed by atoms with E-state index in [1.54, 1.807) is 6.07 Å². The van der Waals surface area contributed by atoms with Gasteiger partial charge in [-0.25, -0.2) is 0 Å². The maximum atomic E-state index is 11.7. The van der Waals surface area contributed by atoms with E-state index in [9.17, 15) is 4.79 Å². The van der Waals surface area contributed by atoms with Crippen molar-refractivity contribution in [3.63, 3.8) is 0 Å². The zero-order chi connectivity index (χ0) is 13.3. The van der Waals surface area contributed by atoms with Gasteiger partial charge in [0.1, 0.15) is 17.5 Å². The highest BCUT2D eigenvalue weighted by atomic mass is 16.1. The normalized spacial score (nSPS) is 10.1. The molecular formula is C14H13N3O. The van der Waals surface area contributed by atoms with Crippen LogP contribution in [0.2, 0.25) is 0 Å². The van der Waals surface area contributed by atoms with Gasteiger partial charge >= 0.3 is 0 Å². The molecule has 0 aliphatic carbocycles. The van der Waals surface area contributed by atoms with Gasteiger partial charge in [-0.15, -0.1) is 0 Å². The average molecular weight is 239 g/mol. The Morgan fingerprint density at radius 3 is 2.56 bits per heavy atom. The maximum Gasteiger partial charge on any atom is 0.268 e. The third kappa shape index (κ3) is 1.98. The summed E-state index contributed by atoms with van der Waals surface area (Å²) in [5, 5.41) is 9.09. The summed E-state index contributed by atoms with van der Waals surface area (Å²) in [6.07, 6.45) is 0. The molecule has 4 heteroatoms. The lowest BCUT2D eigenvalue weighted by Crippen LogP contribution is -2.13. The van der Waals surface area contributed by atoms with Crippen LogP contribution in [0.4, 0.5) is 5.82 Å². The Labute approximate surface area is 105 Å². The van der Waals surface area contributed by atoms with Gasteiger partial charge in [-0.1, -0.05) is 23.8 Å². The molecule has 0 radical (unpaired) electrons. The van der Waals surface area contributed by atoms with Gasteiger partial charge < -0.3 is 10.7 Å². The van der Waals surface area contributed by atoms with Crippen LogP contribution in [0.3, 0.4) is 0 Å². The van der Waals surface area contributed by atoms with Crippen LogP contribution in [0.1, 0.15) is 16.7 Å². The summed E-state index contributed by atoms with van der Waals surface area (Å²) in [5.41, 5.74) is 8.86. The monoisotopic (exact) mass is 239 g/mol. The Morgan fingerprint density at radius 1 is 1.22 bits per heavy atom. The van der Waals surface area contributed by atoms with Crippen LogP contribution in [0, 0.1) is 25.2 Å². The predicted octanol–water partition coefficient (Wildman–Crippen LogP) is 2.11. The first-order chi connectivity index (χ1) is 8.52. The summed E-state index contributed by atoms with van der Waals surface area (Å²) in [6, 6.07) is 9.41. The lowest BCUT2D eigenvalue weighted by molar-refractivity contribution is 1.22. The van der Waals surface area contributed by atoms with Crippen LogP contribution in [-0.4, -0.2) is 4.98 Å². The second-order valence-electron chi connectivity index (χ2n) is 4.27. The molecule has 90 valence electrons. The van der Waals surface area contributed by atoms with Crippen LogP contribution < -0.4 is 11.3 Å². The number of hydrogen-bond acceptors (Lipinski definition) is 3. The van der Waals surface area contributed by atoms with Gasteiger partial charge in [0, 0.05) is 5.56 Å². The van der Waals surface area contributed by atoms with Crippen molar-refractivity contribution in [1.82, 2.24) is 4.98 Å². The number of H-pyrrole nitrogens is 1. The first-order valence-electron chi connectivity index (χ1n) is 5.53. The molecule has 0 amide bonds. The molecule has 3 N–H and O–H groups in total. The van der Waals surface area contributed by atoms with Crippen LogP contribution in [0.25, 0.3) is 11.1 Å². The SMILES string of the molecule is Cc1ccc(-c2cc(N)[nH]c(=O)c2C#N)c(C)c1. The molecule has 0 saturated heterocycles. The fraction of sp³-hybridized carbons (Fsp3) is 0.143. The number of pyridine rings is 1. The number of nitrogen functional groups attached to an aromatic ring is 1. The predicted molar refractivity (Wildman–Crippen MR) is 71.1 cm³/mol. The van der Waals surface area contributed by atoms with Crippen molar-refractivity contribution in [2.45, 2.75) is 13.8 Å². The Kier molecular flexibility index (Phi) is 2.90. The van der Waals surface area contributed by atoms with Crippen molar-refractivity contribution >= 4 is 5.82 Å². The van der Waals surface area contributed by atoms with Crippen molar-refractivity contribution in [2.24, 2.45) is 0 Å². The van der Waals surface area contributed by atoms with Crippen molar-refractivity contribution in [1.29, 1.82) is 5.26 Å². The number of nitrogens with zero attached hydrogens (tertiary/aromatic N) is 1. The number of aromatic amines is 1. The van der Waals surface area contributed by atoms with Gasteiger partial charge in [-0.05, 0) is 31.0 Å². The molecule has 0 bridgehead atoms. The summed E-state index contributed by atoms with van der Waals surface area (Å²) in [4.78, 5) is 14.1. The van der Waals surface area contributed by atoms with Crippen LogP contribution >= 0.6 is 0 Å². The molecule has 0 aliphatic heterocycles. The van der Waals surface area contributed by atoms with Gasteiger partial charge in [-0.3, -0.25) is 4.79 Å². The summed E-state index contributed by atoms with van der Waals surface area (Å²) >= 11 is 0. The fourth-order valence-electron chi connectivity index (χ4n) is 2.02. The van der Waals surface area contributed by atoms with E-state index in [4.69, 9.17) is 11.0 Å². The molecule has 2 rings (SSSR count). The highest BCUT2D eigenvalue weighted by molar-refractivity contribution is 5.74. The first kappa shape index (κ1) is 11.9. The van der Waals surface area contributed by atoms with Gasteiger partial charge in [-0.2, -0.15) is 5.26 Å². The number of nitriles is 1. The fourth-order valence-corrected chi connectivity index (χ4v) is 2.02. The van der Waals surface area contributed by atoms with Gasteiger partial charge in [0.25, 0.3) is 5.56 Å². The summed E-state index contributed by atoms with van der Waals surface area (Å²) < 4.78 is 0. The van der Waals surface area contributed by atoms with Crippen LogP contribution in [0.15, 0.2) is 29.1 Å². The molecule has 2 aromatic rings. The van der Waals surface area contributed by atoms with Gasteiger partial charge in [0.05, 0.1) is 0 Å². The number of aromatic nitrogens is 1. The van der Waals surface area contributed by atoms with Crippen molar-refractivity contribution in [2.75, 3.05) is 5.73 Å². The summed E-state index contributed by atoms with van der Waals surface area (Å²) in [5.74, 6) is 0.258. The number of anilines is 1. The second kappa shape index (κ2) is 4.38. The maximum absolute atomic E-state index is 11.7. The molecule has 0 atom stereocenters. The number of rotatable bonds is 1. The van der Waals surface area contributed by atoms with E-state index in [1.165, 1.54) is 0 Å². The molecule has 0 unspecified atom stereocenters. The van der Waals surface area contributed by atoms with Gasteiger partial charge in [0.2, 0.25) is 0 Å². The van der Waals surface area contributed by atoms with Crippen molar-refractivity contribution < 1.29 is 0 Å². The molecular weight excluding hydrogens is 226 g/mol. The van der Waals surface area contributed by atoms with E-state index in [0.29, 0.717) is 5.56 Å². The van der Waals surface area contributed by atoms with E-state index in [2.05, 4.69) is 4.98 Å². The van der Waals surface area contributed by atoms with Crippen LogP contribution in [0.5, 0.6) is 0 Å². The van der Waals surface area contributed by atoms with Crippen LogP contribution in [-0.2, 0) is 0 Å². The van der Waals surface area contributed by atoms with Crippen molar-refractivity contribution in [3.05, 3.63) is 51.3 Å². The lowest BCUT2D eigenvalue weighted by Gasteiger charge is -2.09. The topological polar surface area (TPSA) is 82.7 Å². The summed E-state index contributed by atoms with van der Waals surface area (Å²) in [7, 11) is 0. The van der Waals surface area contributed by atoms with E-state index in [1.807, 2.05) is 38.1 Å². The number of benzene rings is 1. The Hall–Kier alpha value is -2.54. The molecule has 1 heterocycles. The molecule has 1 aromatic carbocycles. The van der Waals surface area contributed by atoms with E-state index in [0.717, 1.165) is 16.7 Å². The second-order valence-corrected chi connectivity index (χ2v) is 4.27. The standard InChI is InChI=1S/C14H13N3O/c1-8-3-4-10(9(2)5-8)11-6-13(16)17-14(18)12(11)7-15/h3-6H,1-2H3,(H3,16,17,18). The minimum atomic E-state index is -0.451. The van der Waals surface area contributed by atoms with E-state index in [-0.39, 0.29) is 11.4 Å². The minimum Gasteiger partial charge on any atom is -0.385 e. The smallest absolute Gasteiger partial charge is 0.268 e. The number of nitrogens with one attached hydrogen (secondary N) is 1. The Balaban J connectivity index is 2.79. The largest absolute Gasteiger partial charge is 0.385 e. The highest BCUT2D eigenvalue weighted by Crippen LogP contribution is 2.26. The van der Waals surface area contributed by atoms with Crippen molar-refractivity contribution in [3.8, 4) is 17.2 Å². The van der Waals surface area contributed by atoms with E-state index < -0.39 is 5.56 Å². The average Bonchev–Trinajstić information content (AvgIpc) is 2.28. The molecule has 1 aromatic heterocycles. The molecule has 18 heavy (non-hydrogen) atoms. The molecule has 0 saturated carbocycles. The molecule has 0 fully saturated rings. The third-order valence-corrected chi connectivity index (χ3v) is 2.84. The number of hydrogen-bond donors (Lipinski definition) is 2. The summed E-state index contributed by atoms with van der Waals surface area (Å²) in [6.45, 7) is 3.94. The molecule has 4 nitrogen and oxygen atoms in total. The van der Waals surface area contributed by atoms with E-state index >= 15 is 0 Å². The Bertz CT molecular complexity index is 708. The number of nitrogens with two attached hydrogens (primary N) is 1. The van der Waals surface area contributed by atoms with Gasteiger partial charge in [0.15, 0.2) is 0 Å². The zero-order valence-corrected chi connectivity index (χ0v) is 10.2. The zero-order valence-electron chi connectivity index (χ0n) is 10.2. The molecule has 0 aliphatic rings. The highest BCUT2D eigenvalue weighted by Gasteiger charge is 2.12. The Morgan fingerprint density at radius 2 is 1.94 bits per heavy atom. The minimum absolute atomic E-state index is 0.0937. The lowest BCUT2D eigenvalue weighted by atomic mass is 9.96. The first-order valence-corrected chi connectivity index (χ1v) is 5.53. The number of aryl methyl sites for hydroxylation is 2. The third-order valence-electron chi connectivity index (χ3n) is 2.84. The quantitative estimate of drug-likeness (QED) is 0.799. The molecule has 0 spiro atoms.